The normalized spacial score (nSPS) is 11.1. The summed E-state index contributed by atoms with van der Waals surface area (Å²) in [5.41, 5.74) is 2.38. The van der Waals surface area contributed by atoms with Crippen molar-refractivity contribution in [2.75, 3.05) is 14.2 Å². The highest BCUT2D eigenvalue weighted by atomic mass is 16.5. The first-order chi connectivity index (χ1) is 8.74. The van der Waals surface area contributed by atoms with Gasteiger partial charge in [-0.2, -0.15) is 0 Å². The first kappa shape index (κ1) is 11.0. The highest BCUT2D eigenvalue weighted by Gasteiger charge is 2.10. The number of fused-ring (bicyclic) bond motifs is 3. The number of H-pyrrole nitrogens is 1. The number of hydrogen-bond donors (Lipinski definition) is 1. The number of aryl methyl sites for hydroxylation is 1. The maximum atomic E-state index is 5.37. The number of hydrogen-bond acceptors (Lipinski definition) is 2. The molecule has 0 bridgehead atoms. The molecule has 3 rings (SSSR count). The predicted octanol–water partition coefficient (Wildman–Crippen LogP) is 3.65. The van der Waals surface area contributed by atoms with E-state index in [9.17, 15) is 0 Å². The van der Waals surface area contributed by atoms with Crippen molar-refractivity contribution in [2.24, 2.45) is 0 Å². The molecule has 0 spiro atoms. The van der Waals surface area contributed by atoms with E-state index >= 15 is 0 Å². The molecule has 3 aromatic rings. The molecule has 0 saturated heterocycles. The van der Waals surface area contributed by atoms with Crippen LogP contribution in [0.2, 0.25) is 0 Å². The summed E-state index contributed by atoms with van der Waals surface area (Å²) in [4.78, 5) is 3.27. The molecule has 1 N–H and O–H groups in total. The molecule has 1 heterocycles. The highest BCUT2D eigenvalue weighted by Crippen LogP contribution is 2.36. The van der Waals surface area contributed by atoms with Gasteiger partial charge in [0.25, 0.3) is 0 Å². The fourth-order valence-electron chi connectivity index (χ4n) is 2.45. The van der Waals surface area contributed by atoms with E-state index in [2.05, 4.69) is 24.0 Å². The van der Waals surface area contributed by atoms with Crippen molar-refractivity contribution in [1.82, 2.24) is 4.98 Å². The Morgan fingerprint density at radius 2 is 1.72 bits per heavy atom. The zero-order valence-corrected chi connectivity index (χ0v) is 10.7. The van der Waals surface area contributed by atoms with Crippen molar-refractivity contribution in [1.29, 1.82) is 0 Å². The Labute approximate surface area is 105 Å². The number of benzene rings is 2. The molecular formula is C15H15NO2. The van der Waals surface area contributed by atoms with Gasteiger partial charge in [0.05, 0.1) is 14.2 Å². The van der Waals surface area contributed by atoms with Gasteiger partial charge in [-0.15, -0.1) is 0 Å². The third kappa shape index (κ3) is 1.44. The molecule has 0 aliphatic heterocycles. The summed E-state index contributed by atoms with van der Waals surface area (Å²) in [6.07, 6.45) is 2.03. The quantitative estimate of drug-likeness (QED) is 0.743. The first-order valence-corrected chi connectivity index (χ1v) is 5.87. The number of rotatable bonds is 2. The Bertz CT molecular complexity index is 728. The third-order valence-corrected chi connectivity index (χ3v) is 3.36. The number of nitrogens with one attached hydrogen (secondary N) is 1. The zero-order valence-electron chi connectivity index (χ0n) is 10.7. The fourth-order valence-corrected chi connectivity index (χ4v) is 2.45. The zero-order chi connectivity index (χ0) is 12.7. The summed E-state index contributed by atoms with van der Waals surface area (Å²) >= 11 is 0. The Morgan fingerprint density at radius 1 is 1.00 bits per heavy atom. The monoisotopic (exact) mass is 241 g/mol. The maximum absolute atomic E-state index is 5.37. The molecule has 1 aromatic heterocycles. The molecule has 0 fully saturated rings. The summed E-state index contributed by atoms with van der Waals surface area (Å²) in [7, 11) is 3.32. The van der Waals surface area contributed by atoms with E-state index in [-0.39, 0.29) is 0 Å². The van der Waals surface area contributed by atoms with Gasteiger partial charge in [-0.25, -0.2) is 0 Å². The number of aromatic amines is 1. The van der Waals surface area contributed by atoms with Crippen molar-refractivity contribution >= 4 is 21.7 Å². The molecule has 2 aromatic carbocycles. The summed E-state index contributed by atoms with van der Waals surface area (Å²) in [6.45, 7) is 2.11. The molecule has 0 amide bonds. The smallest absolute Gasteiger partial charge is 0.161 e. The lowest BCUT2D eigenvalue weighted by Crippen LogP contribution is -1.90. The highest BCUT2D eigenvalue weighted by molar-refractivity contribution is 6.09. The van der Waals surface area contributed by atoms with Crippen LogP contribution in [0.25, 0.3) is 21.7 Å². The summed E-state index contributed by atoms with van der Waals surface area (Å²) in [5, 5.41) is 3.58. The molecule has 0 unspecified atom stereocenters. The number of methoxy groups -OCH3 is 2. The minimum Gasteiger partial charge on any atom is -0.493 e. The van der Waals surface area contributed by atoms with E-state index in [1.165, 1.54) is 16.3 Å². The van der Waals surface area contributed by atoms with Crippen LogP contribution in [-0.2, 0) is 0 Å². The van der Waals surface area contributed by atoms with Crippen LogP contribution in [0.15, 0.2) is 30.5 Å². The van der Waals surface area contributed by atoms with E-state index in [4.69, 9.17) is 9.47 Å². The van der Waals surface area contributed by atoms with Crippen LogP contribution in [-0.4, -0.2) is 19.2 Å². The Kier molecular flexibility index (Phi) is 2.40. The van der Waals surface area contributed by atoms with Crippen LogP contribution >= 0.6 is 0 Å². The topological polar surface area (TPSA) is 34.2 Å². The van der Waals surface area contributed by atoms with Crippen molar-refractivity contribution in [3.8, 4) is 11.5 Å². The Hall–Kier alpha value is -2.16. The maximum Gasteiger partial charge on any atom is 0.161 e. The first-order valence-electron chi connectivity index (χ1n) is 5.87. The minimum atomic E-state index is 0.762. The predicted molar refractivity (Wildman–Crippen MR) is 73.6 cm³/mol. The van der Waals surface area contributed by atoms with Gasteiger partial charge < -0.3 is 14.5 Å². The molecule has 0 aliphatic carbocycles. The van der Waals surface area contributed by atoms with Gasteiger partial charge in [-0.1, -0.05) is 6.07 Å². The largest absolute Gasteiger partial charge is 0.493 e. The second-order valence-electron chi connectivity index (χ2n) is 4.39. The van der Waals surface area contributed by atoms with Crippen molar-refractivity contribution in [3.63, 3.8) is 0 Å². The lowest BCUT2D eigenvalue weighted by Gasteiger charge is -2.10. The Balaban J connectivity index is 2.46. The van der Waals surface area contributed by atoms with Crippen LogP contribution in [0.5, 0.6) is 11.5 Å². The lowest BCUT2D eigenvalue weighted by molar-refractivity contribution is 0.356. The lowest BCUT2D eigenvalue weighted by atomic mass is 10.0. The molecule has 3 heteroatoms. The molecule has 3 nitrogen and oxygen atoms in total. The molecule has 0 saturated carbocycles. The molecule has 0 radical (unpaired) electrons. The van der Waals surface area contributed by atoms with Crippen LogP contribution in [0.1, 0.15) is 5.56 Å². The number of aromatic nitrogens is 1. The average Bonchev–Trinajstić information content (AvgIpc) is 2.79. The van der Waals surface area contributed by atoms with Crippen LogP contribution in [0.4, 0.5) is 0 Å². The average molecular weight is 241 g/mol. The summed E-state index contributed by atoms with van der Waals surface area (Å²) in [6, 6.07) is 8.24. The van der Waals surface area contributed by atoms with E-state index in [1.807, 2.05) is 18.3 Å². The molecule has 0 aliphatic rings. The minimum absolute atomic E-state index is 0.762. The molecular weight excluding hydrogens is 226 g/mol. The number of ether oxygens (including phenoxy) is 2. The van der Waals surface area contributed by atoms with E-state index in [0.717, 1.165) is 22.4 Å². The molecule has 92 valence electrons. The van der Waals surface area contributed by atoms with Crippen molar-refractivity contribution in [3.05, 3.63) is 36.0 Å². The van der Waals surface area contributed by atoms with E-state index < -0.39 is 0 Å². The van der Waals surface area contributed by atoms with Gasteiger partial charge in [0.15, 0.2) is 11.5 Å². The van der Waals surface area contributed by atoms with Crippen molar-refractivity contribution in [2.45, 2.75) is 6.92 Å². The second kappa shape index (κ2) is 3.95. The molecule has 18 heavy (non-hydrogen) atoms. The van der Waals surface area contributed by atoms with Crippen LogP contribution in [0, 0.1) is 6.92 Å². The summed E-state index contributed by atoms with van der Waals surface area (Å²) in [5.74, 6) is 1.52. The van der Waals surface area contributed by atoms with Gasteiger partial charge in [-0.05, 0) is 41.5 Å². The SMILES string of the molecule is COc1cc2ccc3[nH]cc(C)c3c2cc1OC. The van der Waals surface area contributed by atoms with Crippen molar-refractivity contribution < 1.29 is 9.47 Å². The molecule has 0 atom stereocenters. The van der Waals surface area contributed by atoms with Gasteiger partial charge in [0.1, 0.15) is 0 Å². The Morgan fingerprint density at radius 3 is 2.44 bits per heavy atom. The fraction of sp³-hybridized carbons (Fsp3) is 0.200. The third-order valence-electron chi connectivity index (χ3n) is 3.36. The van der Waals surface area contributed by atoms with Gasteiger partial charge in [0.2, 0.25) is 0 Å². The van der Waals surface area contributed by atoms with Gasteiger partial charge in [-0.3, -0.25) is 0 Å². The van der Waals surface area contributed by atoms with Gasteiger partial charge in [0, 0.05) is 17.1 Å². The standard InChI is InChI=1S/C15H15NO2/c1-9-8-16-12-5-4-10-6-13(17-2)14(18-3)7-11(10)15(9)12/h4-8,16H,1-3H3. The van der Waals surface area contributed by atoms with Crippen LogP contribution in [0.3, 0.4) is 0 Å². The van der Waals surface area contributed by atoms with Crippen LogP contribution < -0.4 is 9.47 Å². The summed E-state index contributed by atoms with van der Waals surface area (Å²) < 4.78 is 10.7. The van der Waals surface area contributed by atoms with E-state index in [0.29, 0.717) is 0 Å². The van der Waals surface area contributed by atoms with E-state index in [1.54, 1.807) is 14.2 Å². The van der Waals surface area contributed by atoms with Gasteiger partial charge >= 0.3 is 0 Å². The second-order valence-corrected chi connectivity index (χ2v) is 4.39.